The Hall–Kier alpha value is -2.51. The molecule has 0 spiro atoms. The number of amides is 1. The van der Waals surface area contributed by atoms with Crippen molar-refractivity contribution >= 4 is 35.0 Å². The number of rotatable bonds is 7. The number of halogens is 1. The normalized spacial score (nSPS) is 10.6. The number of aryl methyl sites for hydroxylation is 2. The lowest BCUT2D eigenvalue weighted by atomic mass is 10.1. The molecule has 2 aromatic carbocycles. The van der Waals surface area contributed by atoms with Crippen molar-refractivity contribution < 1.29 is 13.9 Å². The van der Waals surface area contributed by atoms with Crippen molar-refractivity contribution in [3.63, 3.8) is 0 Å². The first-order valence-corrected chi connectivity index (χ1v) is 9.56. The van der Waals surface area contributed by atoms with Gasteiger partial charge in [-0.1, -0.05) is 29.4 Å². The molecule has 3 aromatic rings. The monoisotopic (exact) mass is 403 g/mol. The van der Waals surface area contributed by atoms with Crippen LogP contribution in [0.25, 0.3) is 0 Å². The van der Waals surface area contributed by atoms with Crippen LogP contribution in [0.2, 0.25) is 5.02 Å². The van der Waals surface area contributed by atoms with Crippen LogP contribution in [0, 0.1) is 13.8 Å². The molecule has 0 bridgehead atoms. The fourth-order valence-electron chi connectivity index (χ4n) is 2.37. The van der Waals surface area contributed by atoms with E-state index >= 15 is 0 Å². The Balaban J connectivity index is 1.47. The summed E-state index contributed by atoms with van der Waals surface area (Å²) in [5.41, 5.74) is 2.93. The van der Waals surface area contributed by atoms with Crippen LogP contribution in [0.5, 0.6) is 5.75 Å². The van der Waals surface area contributed by atoms with Gasteiger partial charge >= 0.3 is 0 Å². The lowest BCUT2D eigenvalue weighted by Gasteiger charge is -2.05. The Morgan fingerprint density at radius 1 is 1.15 bits per heavy atom. The van der Waals surface area contributed by atoms with E-state index in [1.807, 2.05) is 26.0 Å². The summed E-state index contributed by atoms with van der Waals surface area (Å²) < 4.78 is 11.2. The molecule has 6 nitrogen and oxygen atoms in total. The average Bonchev–Trinajstić information content (AvgIpc) is 3.07. The second kappa shape index (κ2) is 8.92. The maximum atomic E-state index is 12.0. The van der Waals surface area contributed by atoms with Gasteiger partial charge in [-0.2, -0.15) is 0 Å². The van der Waals surface area contributed by atoms with Crippen molar-refractivity contribution in [1.82, 2.24) is 10.2 Å². The molecular formula is C19H18ClN3O3S. The number of nitrogens with zero attached hydrogens (tertiary/aromatic N) is 2. The Morgan fingerprint density at radius 2 is 1.85 bits per heavy atom. The van der Waals surface area contributed by atoms with Crippen molar-refractivity contribution in [2.24, 2.45) is 0 Å². The number of carbonyl (C=O) groups excluding carboxylic acids is 1. The SMILES string of the molecule is Cc1cc(C)cc(OCc2nnc(SCC(=O)Nc3ccc(Cl)cc3)o2)c1. The van der Waals surface area contributed by atoms with E-state index in [4.69, 9.17) is 20.8 Å². The number of hydrogen-bond donors (Lipinski definition) is 1. The summed E-state index contributed by atoms with van der Waals surface area (Å²) in [5.74, 6) is 1.09. The highest BCUT2D eigenvalue weighted by Gasteiger charge is 2.11. The van der Waals surface area contributed by atoms with E-state index < -0.39 is 0 Å². The van der Waals surface area contributed by atoms with Gasteiger partial charge in [-0.15, -0.1) is 10.2 Å². The van der Waals surface area contributed by atoms with Crippen molar-refractivity contribution in [3.8, 4) is 5.75 Å². The zero-order valence-corrected chi connectivity index (χ0v) is 16.4. The molecule has 1 amide bonds. The predicted octanol–water partition coefficient (Wildman–Crippen LogP) is 4.65. The molecule has 0 aliphatic carbocycles. The van der Waals surface area contributed by atoms with E-state index in [1.54, 1.807) is 24.3 Å². The number of aromatic nitrogens is 2. The molecule has 0 radical (unpaired) electrons. The maximum Gasteiger partial charge on any atom is 0.277 e. The highest BCUT2D eigenvalue weighted by Crippen LogP contribution is 2.20. The molecule has 8 heteroatoms. The van der Waals surface area contributed by atoms with Gasteiger partial charge in [-0.3, -0.25) is 4.79 Å². The molecule has 0 unspecified atom stereocenters. The van der Waals surface area contributed by atoms with Crippen LogP contribution >= 0.6 is 23.4 Å². The zero-order valence-electron chi connectivity index (χ0n) is 14.9. The van der Waals surface area contributed by atoms with Gasteiger partial charge in [-0.05, 0) is 61.4 Å². The third-order valence-electron chi connectivity index (χ3n) is 3.46. The van der Waals surface area contributed by atoms with E-state index in [-0.39, 0.29) is 18.3 Å². The molecule has 0 saturated carbocycles. The van der Waals surface area contributed by atoms with Crippen molar-refractivity contribution in [2.45, 2.75) is 25.7 Å². The van der Waals surface area contributed by atoms with Crippen LogP contribution in [0.1, 0.15) is 17.0 Å². The van der Waals surface area contributed by atoms with Gasteiger partial charge in [0.05, 0.1) is 5.75 Å². The minimum absolute atomic E-state index is 0.155. The molecule has 1 N–H and O–H groups in total. The van der Waals surface area contributed by atoms with Crippen molar-refractivity contribution in [2.75, 3.05) is 11.1 Å². The minimum Gasteiger partial charge on any atom is -0.484 e. The second-order valence-electron chi connectivity index (χ2n) is 5.92. The number of nitrogens with one attached hydrogen (secondary N) is 1. The lowest BCUT2D eigenvalue weighted by molar-refractivity contribution is -0.113. The third kappa shape index (κ3) is 6.01. The topological polar surface area (TPSA) is 77.2 Å². The Morgan fingerprint density at radius 3 is 2.56 bits per heavy atom. The lowest BCUT2D eigenvalue weighted by Crippen LogP contribution is -2.13. The summed E-state index contributed by atoms with van der Waals surface area (Å²) in [5, 5.41) is 11.6. The Kier molecular flexibility index (Phi) is 6.36. The number of carbonyl (C=O) groups is 1. The van der Waals surface area contributed by atoms with Gasteiger partial charge in [0.25, 0.3) is 11.1 Å². The number of anilines is 1. The third-order valence-corrected chi connectivity index (χ3v) is 4.53. The Labute approximate surface area is 166 Å². The van der Waals surface area contributed by atoms with Crippen LogP contribution < -0.4 is 10.1 Å². The number of thioether (sulfide) groups is 1. The first-order valence-electron chi connectivity index (χ1n) is 8.19. The summed E-state index contributed by atoms with van der Waals surface area (Å²) in [6.45, 7) is 4.19. The molecule has 27 heavy (non-hydrogen) atoms. The van der Waals surface area contributed by atoms with Gasteiger partial charge in [-0.25, -0.2) is 0 Å². The molecule has 3 rings (SSSR count). The highest BCUT2D eigenvalue weighted by atomic mass is 35.5. The largest absolute Gasteiger partial charge is 0.484 e. The molecule has 0 atom stereocenters. The number of ether oxygens (including phenoxy) is 1. The molecule has 0 aliphatic heterocycles. The molecule has 140 valence electrons. The van der Waals surface area contributed by atoms with Crippen LogP contribution in [-0.2, 0) is 11.4 Å². The fraction of sp³-hybridized carbons (Fsp3) is 0.211. The van der Waals surface area contributed by atoms with Crippen LogP contribution in [0.4, 0.5) is 5.69 Å². The molecule has 0 fully saturated rings. The van der Waals surface area contributed by atoms with Crippen molar-refractivity contribution in [1.29, 1.82) is 0 Å². The standard InChI is InChI=1S/C19H18ClN3O3S/c1-12-7-13(2)9-16(8-12)25-10-18-22-23-19(26-18)27-11-17(24)21-15-5-3-14(20)4-6-15/h3-9H,10-11H2,1-2H3,(H,21,24). The average molecular weight is 404 g/mol. The van der Waals surface area contributed by atoms with E-state index in [1.165, 1.54) is 0 Å². The molecule has 0 saturated heterocycles. The van der Waals surface area contributed by atoms with E-state index in [0.29, 0.717) is 21.8 Å². The summed E-state index contributed by atoms with van der Waals surface area (Å²) in [6, 6.07) is 12.9. The fourth-order valence-corrected chi connectivity index (χ4v) is 3.08. The predicted molar refractivity (Wildman–Crippen MR) is 105 cm³/mol. The van der Waals surface area contributed by atoms with Gasteiger partial charge < -0.3 is 14.5 Å². The van der Waals surface area contributed by atoms with Gasteiger partial charge in [0, 0.05) is 10.7 Å². The summed E-state index contributed by atoms with van der Waals surface area (Å²) >= 11 is 6.98. The second-order valence-corrected chi connectivity index (χ2v) is 7.28. The number of hydrogen-bond acceptors (Lipinski definition) is 6. The molecule has 1 heterocycles. The summed E-state index contributed by atoms with van der Waals surface area (Å²) in [6.07, 6.45) is 0. The summed E-state index contributed by atoms with van der Waals surface area (Å²) in [7, 11) is 0. The Bertz CT molecular complexity index is 908. The molecule has 0 aliphatic rings. The maximum absolute atomic E-state index is 12.0. The summed E-state index contributed by atoms with van der Waals surface area (Å²) in [4.78, 5) is 12.0. The quantitative estimate of drug-likeness (QED) is 0.578. The molecular weight excluding hydrogens is 386 g/mol. The van der Waals surface area contributed by atoms with Crippen LogP contribution in [-0.4, -0.2) is 21.9 Å². The van der Waals surface area contributed by atoms with E-state index in [0.717, 1.165) is 28.6 Å². The molecule has 1 aromatic heterocycles. The van der Waals surface area contributed by atoms with Crippen LogP contribution in [0.3, 0.4) is 0 Å². The highest BCUT2D eigenvalue weighted by molar-refractivity contribution is 7.99. The zero-order chi connectivity index (χ0) is 19.2. The van der Waals surface area contributed by atoms with Crippen molar-refractivity contribution in [3.05, 3.63) is 64.5 Å². The van der Waals surface area contributed by atoms with E-state index in [9.17, 15) is 4.79 Å². The number of benzene rings is 2. The smallest absolute Gasteiger partial charge is 0.277 e. The van der Waals surface area contributed by atoms with Crippen LogP contribution in [0.15, 0.2) is 52.1 Å². The van der Waals surface area contributed by atoms with Gasteiger partial charge in [0.1, 0.15) is 5.75 Å². The first kappa shape index (κ1) is 19.3. The van der Waals surface area contributed by atoms with Gasteiger partial charge in [0.15, 0.2) is 6.61 Å². The first-order chi connectivity index (χ1) is 13.0. The van der Waals surface area contributed by atoms with Gasteiger partial charge in [0.2, 0.25) is 5.91 Å². The van der Waals surface area contributed by atoms with E-state index in [2.05, 4.69) is 21.6 Å². The minimum atomic E-state index is -0.173.